The van der Waals surface area contributed by atoms with Crippen LogP contribution < -0.4 is 5.32 Å². The lowest BCUT2D eigenvalue weighted by Crippen LogP contribution is -2.00. The van der Waals surface area contributed by atoms with Gasteiger partial charge in [0, 0.05) is 12.2 Å². The van der Waals surface area contributed by atoms with Crippen LogP contribution in [0.2, 0.25) is 5.02 Å². The van der Waals surface area contributed by atoms with Crippen molar-refractivity contribution in [1.82, 2.24) is 0 Å². The van der Waals surface area contributed by atoms with Crippen LogP contribution in [0.4, 0.5) is 18.9 Å². The molecular formula is C13H10Cl2F3N. The van der Waals surface area contributed by atoms with Gasteiger partial charge in [0.25, 0.3) is 0 Å². The summed E-state index contributed by atoms with van der Waals surface area (Å²) in [6.45, 7) is 0.291. The molecule has 0 aliphatic carbocycles. The molecule has 19 heavy (non-hydrogen) atoms. The van der Waals surface area contributed by atoms with Crippen LogP contribution in [0.3, 0.4) is 0 Å². The molecule has 0 radical (unpaired) electrons. The van der Waals surface area contributed by atoms with E-state index in [-0.39, 0.29) is 17.4 Å². The second-order valence-electron chi connectivity index (χ2n) is 3.73. The molecule has 0 atom stereocenters. The van der Waals surface area contributed by atoms with Crippen molar-refractivity contribution in [3.63, 3.8) is 0 Å². The Kier molecular flexibility index (Phi) is 5.51. The lowest BCUT2D eigenvalue weighted by atomic mass is 10.2. The van der Waals surface area contributed by atoms with E-state index < -0.39 is 17.5 Å². The zero-order valence-corrected chi connectivity index (χ0v) is 11.2. The van der Waals surface area contributed by atoms with E-state index in [4.69, 9.17) is 11.6 Å². The van der Waals surface area contributed by atoms with Crippen molar-refractivity contribution in [3.8, 4) is 0 Å². The van der Waals surface area contributed by atoms with Crippen LogP contribution in [0.15, 0.2) is 36.4 Å². The van der Waals surface area contributed by atoms with E-state index in [1.54, 1.807) is 0 Å². The average Bonchev–Trinajstić information content (AvgIpc) is 2.35. The molecule has 6 heteroatoms. The lowest BCUT2D eigenvalue weighted by molar-refractivity contribution is 0.507. The monoisotopic (exact) mass is 307 g/mol. The zero-order chi connectivity index (χ0) is 13.1. The molecule has 0 aromatic heterocycles. The predicted molar refractivity (Wildman–Crippen MR) is 72.3 cm³/mol. The Labute approximate surface area is 119 Å². The van der Waals surface area contributed by atoms with E-state index in [1.807, 2.05) is 0 Å². The molecule has 1 N–H and O–H groups in total. The number of nitrogens with one attached hydrogen (secondary N) is 1. The second kappa shape index (κ2) is 6.68. The summed E-state index contributed by atoms with van der Waals surface area (Å²) in [5.41, 5.74) is 1.18. The first kappa shape index (κ1) is 15.7. The zero-order valence-electron chi connectivity index (χ0n) is 9.59. The van der Waals surface area contributed by atoms with Crippen molar-refractivity contribution in [2.24, 2.45) is 0 Å². The summed E-state index contributed by atoms with van der Waals surface area (Å²) < 4.78 is 38.6. The molecular weight excluding hydrogens is 298 g/mol. The minimum Gasteiger partial charge on any atom is -0.381 e. The third-order valence-electron chi connectivity index (χ3n) is 2.40. The maximum absolute atomic E-state index is 12.9. The molecule has 0 amide bonds. The van der Waals surface area contributed by atoms with Crippen molar-refractivity contribution in [2.45, 2.75) is 6.54 Å². The molecule has 0 aliphatic heterocycles. The molecule has 0 bridgehead atoms. The first-order valence-corrected chi connectivity index (χ1v) is 5.57. The van der Waals surface area contributed by atoms with Crippen molar-refractivity contribution in [2.75, 3.05) is 5.32 Å². The van der Waals surface area contributed by atoms with Gasteiger partial charge < -0.3 is 5.32 Å². The van der Waals surface area contributed by atoms with E-state index >= 15 is 0 Å². The molecule has 0 saturated heterocycles. The van der Waals surface area contributed by atoms with Crippen molar-refractivity contribution in [3.05, 3.63) is 64.4 Å². The molecule has 2 rings (SSSR count). The van der Waals surface area contributed by atoms with E-state index in [0.717, 1.165) is 12.1 Å². The normalized spacial score (nSPS) is 9.89. The standard InChI is InChI=1S/C13H9ClF3N.ClH/c14-10-6-9(2-4-11(10)15)18-7-8-1-3-12(16)13(17)5-8;/h1-6,18H,7H2;1H. The lowest BCUT2D eigenvalue weighted by Gasteiger charge is -2.07. The Bertz CT molecular complexity index is 524. The summed E-state index contributed by atoms with van der Waals surface area (Å²) in [6.07, 6.45) is 0. The van der Waals surface area contributed by atoms with Gasteiger partial charge in [-0.25, -0.2) is 13.2 Å². The maximum Gasteiger partial charge on any atom is 0.159 e. The summed E-state index contributed by atoms with van der Waals surface area (Å²) in [6, 6.07) is 7.81. The van der Waals surface area contributed by atoms with Gasteiger partial charge in [0.05, 0.1) is 5.02 Å². The topological polar surface area (TPSA) is 12.0 Å². The maximum atomic E-state index is 12.9. The van der Waals surface area contributed by atoms with E-state index in [1.165, 1.54) is 24.3 Å². The summed E-state index contributed by atoms with van der Waals surface area (Å²) in [5.74, 6) is -2.29. The van der Waals surface area contributed by atoms with Gasteiger partial charge in [-0.2, -0.15) is 0 Å². The van der Waals surface area contributed by atoms with Crippen LogP contribution in [0.5, 0.6) is 0 Å². The van der Waals surface area contributed by atoms with Crippen molar-refractivity contribution in [1.29, 1.82) is 0 Å². The molecule has 102 valence electrons. The molecule has 0 heterocycles. The van der Waals surface area contributed by atoms with E-state index in [9.17, 15) is 13.2 Å². The molecule has 0 unspecified atom stereocenters. The van der Waals surface area contributed by atoms with Crippen LogP contribution in [-0.4, -0.2) is 0 Å². The van der Waals surface area contributed by atoms with Crippen LogP contribution >= 0.6 is 24.0 Å². The first-order chi connectivity index (χ1) is 8.56. The van der Waals surface area contributed by atoms with Gasteiger partial charge in [-0.15, -0.1) is 12.4 Å². The first-order valence-electron chi connectivity index (χ1n) is 5.19. The molecule has 0 aliphatic rings. The van der Waals surface area contributed by atoms with Crippen molar-refractivity contribution < 1.29 is 13.2 Å². The number of hydrogen-bond donors (Lipinski definition) is 1. The number of anilines is 1. The summed E-state index contributed by atoms with van der Waals surface area (Å²) >= 11 is 5.62. The Morgan fingerprint density at radius 1 is 0.895 bits per heavy atom. The third-order valence-corrected chi connectivity index (χ3v) is 2.69. The molecule has 0 saturated carbocycles. The van der Waals surface area contributed by atoms with E-state index in [0.29, 0.717) is 17.8 Å². The highest BCUT2D eigenvalue weighted by molar-refractivity contribution is 6.31. The highest BCUT2D eigenvalue weighted by Crippen LogP contribution is 2.20. The largest absolute Gasteiger partial charge is 0.381 e. The number of benzene rings is 2. The number of hydrogen-bond acceptors (Lipinski definition) is 1. The van der Waals surface area contributed by atoms with E-state index in [2.05, 4.69) is 5.32 Å². The van der Waals surface area contributed by atoms with Crippen LogP contribution in [0.25, 0.3) is 0 Å². The number of rotatable bonds is 3. The highest BCUT2D eigenvalue weighted by atomic mass is 35.5. The fourth-order valence-electron chi connectivity index (χ4n) is 1.46. The van der Waals surface area contributed by atoms with Crippen LogP contribution in [0, 0.1) is 17.5 Å². The fraction of sp³-hybridized carbons (Fsp3) is 0.0769. The van der Waals surface area contributed by atoms with Crippen LogP contribution in [-0.2, 0) is 6.54 Å². The van der Waals surface area contributed by atoms with Gasteiger partial charge in [-0.1, -0.05) is 17.7 Å². The van der Waals surface area contributed by atoms with Gasteiger partial charge in [0.15, 0.2) is 11.6 Å². The summed E-state index contributed by atoms with van der Waals surface area (Å²) in [5, 5.41) is 2.94. The fourth-order valence-corrected chi connectivity index (χ4v) is 1.64. The molecule has 0 spiro atoms. The minimum atomic E-state index is -0.897. The molecule has 1 nitrogen and oxygen atoms in total. The van der Waals surface area contributed by atoms with Gasteiger partial charge in [0.2, 0.25) is 0 Å². The Morgan fingerprint density at radius 2 is 1.58 bits per heavy atom. The van der Waals surface area contributed by atoms with Crippen molar-refractivity contribution >= 4 is 29.7 Å². The Balaban J connectivity index is 0.00000180. The second-order valence-corrected chi connectivity index (χ2v) is 4.14. The Hall–Kier alpha value is -1.39. The molecule has 0 fully saturated rings. The summed E-state index contributed by atoms with van der Waals surface area (Å²) in [7, 11) is 0. The molecule has 2 aromatic carbocycles. The van der Waals surface area contributed by atoms with Gasteiger partial charge in [-0.05, 0) is 35.9 Å². The minimum absolute atomic E-state index is 0. The third kappa shape index (κ3) is 4.04. The SMILES string of the molecule is Cl.Fc1ccc(CNc2ccc(F)c(Cl)c2)cc1F. The quantitative estimate of drug-likeness (QED) is 0.859. The average molecular weight is 308 g/mol. The van der Waals surface area contributed by atoms with Gasteiger partial charge >= 0.3 is 0 Å². The van der Waals surface area contributed by atoms with Gasteiger partial charge in [-0.3, -0.25) is 0 Å². The van der Waals surface area contributed by atoms with Crippen LogP contribution in [0.1, 0.15) is 5.56 Å². The summed E-state index contributed by atoms with van der Waals surface area (Å²) in [4.78, 5) is 0. The number of halogens is 5. The predicted octanol–water partition coefficient (Wildman–Crippen LogP) is 4.79. The smallest absolute Gasteiger partial charge is 0.159 e. The molecule has 2 aromatic rings. The van der Waals surface area contributed by atoms with Gasteiger partial charge in [0.1, 0.15) is 5.82 Å². The highest BCUT2D eigenvalue weighted by Gasteiger charge is 2.03. The Morgan fingerprint density at radius 3 is 2.21 bits per heavy atom.